The molecule has 26 heavy (non-hydrogen) atoms. The van der Waals surface area contributed by atoms with Crippen molar-refractivity contribution in [2.75, 3.05) is 11.5 Å². The highest BCUT2D eigenvalue weighted by molar-refractivity contribution is 7.45. The molecular weight excluding hydrogens is 371 g/mol. The van der Waals surface area contributed by atoms with Gasteiger partial charge in [0.25, 0.3) is 5.56 Å². The monoisotopic (exact) mass is 384 g/mol. The second-order valence-electron chi connectivity index (χ2n) is 4.43. The molecule has 0 unspecified atom stereocenters. The molecule has 4 aromatic heterocycles. The Morgan fingerprint density at radius 1 is 0.923 bits per heavy atom. The minimum absolute atomic E-state index is 0.0783. The predicted octanol–water partition coefficient (Wildman–Crippen LogP) is -1.77. The maximum Gasteiger partial charge on any atom is 0.466 e. The Kier molecular flexibility index (Phi) is 5.58. The van der Waals surface area contributed by atoms with Crippen LogP contribution in [0.25, 0.3) is 22.3 Å². The Hall–Kier alpha value is -3.39. The number of aromatic nitrogens is 8. The number of phosphoric acid groups is 1. The van der Waals surface area contributed by atoms with E-state index in [2.05, 4.69) is 39.9 Å². The number of nitrogens with one attached hydrogen (secondary N) is 3. The molecule has 16 heteroatoms. The van der Waals surface area contributed by atoms with Gasteiger partial charge in [0.05, 0.1) is 12.7 Å². The van der Waals surface area contributed by atoms with Crippen molar-refractivity contribution in [3.63, 3.8) is 0 Å². The molecule has 0 radical (unpaired) electrons. The largest absolute Gasteiger partial charge is 0.466 e. The van der Waals surface area contributed by atoms with Gasteiger partial charge in [-0.15, -0.1) is 0 Å². The average Bonchev–Trinajstić information content (AvgIpc) is 3.15. The zero-order valence-electron chi connectivity index (χ0n) is 12.7. The number of nitrogens with zero attached hydrogens (tertiary/aromatic N) is 5. The van der Waals surface area contributed by atoms with Crippen LogP contribution in [-0.2, 0) is 4.57 Å². The van der Waals surface area contributed by atoms with E-state index in [-0.39, 0.29) is 11.5 Å². The van der Waals surface area contributed by atoms with E-state index < -0.39 is 7.82 Å². The van der Waals surface area contributed by atoms with Crippen molar-refractivity contribution < 1.29 is 19.2 Å². The maximum atomic E-state index is 11.0. The summed E-state index contributed by atoms with van der Waals surface area (Å²) in [4.78, 5) is 59.5. The first kappa shape index (κ1) is 18.9. The third-order valence-electron chi connectivity index (χ3n) is 2.57. The molecule has 0 aliphatic carbocycles. The minimum atomic E-state index is -4.64. The molecule has 0 aliphatic rings. The molecule has 0 spiro atoms. The number of H-pyrrole nitrogens is 3. The van der Waals surface area contributed by atoms with Gasteiger partial charge in [0.1, 0.15) is 11.8 Å². The fourth-order valence-electron chi connectivity index (χ4n) is 1.64. The molecule has 4 aromatic rings. The lowest BCUT2D eigenvalue weighted by molar-refractivity contribution is 0.275. The van der Waals surface area contributed by atoms with E-state index in [1.807, 2.05) is 0 Å². The Bertz CT molecular complexity index is 1110. The summed E-state index contributed by atoms with van der Waals surface area (Å²) >= 11 is 0. The van der Waals surface area contributed by atoms with Crippen LogP contribution in [0, 0.1) is 0 Å². The van der Waals surface area contributed by atoms with Gasteiger partial charge in [-0.25, -0.2) is 24.5 Å². The Balaban J connectivity index is 0.000000151. The van der Waals surface area contributed by atoms with E-state index in [1.54, 1.807) is 0 Å². The minimum Gasteiger partial charge on any atom is -0.382 e. The number of anilines is 2. The fourth-order valence-corrected chi connectivity index (χ4v) is 1.64. The topological polar surface area (TPSA) is 259 Å². The van der Waals surface area contributed by atoms with Crippen LogP contribution in [0.3, 0.4) is 0 Å². The molecule has 4 heterocycles. The van der Waals surface area contributed by atoms with Gasteiger partial charge in [-0.1, -0.05) is 0 Å². The summed E-state index contributed by atoms with van der Waals surface area (Å²) in [6.07, 6.45) is 4.32. The lowest BCUT2D eigenvalue weighted by Crippen LogP contribution is -2.10. The molecule has 0 amide bonds. The average molecular weight is 384 g/mol. The van der Waals surface area contributed by atoms with E-state index in [0.29, 0.717) is 28.1 Å². The van der Waals surface area contributed by atoms with Crippen molar-refractivity contribution in [2.45, 2.75) is 0 Å². The molecule has 0 aromatic carbocycles. The summed E-state index contributed by atoms with van der Waals surface area (Å²) in [6.45, 7) is 0. The van der Waals surface area contributed by atoms with E-state index in [9.17, 15) is 4.79 Å². The number of fused-ring (bicyclic) bond motifs is 2. The van der Waals surface area contributed by atoms with Crippen LogP contribution in [0.2, 0.25) is 0 Å². The molecular formula is C10H13N10O5P. The summed E-state index contributed by atoms with van der Waals surface area (Å²) < 4.78 is 8.88. The summed E-state index contributed by atoms with van der Waals surface area (Å²) in [6, 6.07) is 0. The number of imidazole rings is 2. The van der Waals surface area contributed by atoms with Crippen LogP contribution < -0.4 is 17.0 Å². The molecule has 138 valence electrons. The van der Waals surface area contributed by atoms with Gasteiger partial charge in [-0.2, -0.15) is 4.98 Å². The Labute approximate surface area is 142 Å². The second-order valence-corrected chi connectivity index (χ2v) is 5.45. The van der Waals surface area contributed by atoms with E-state index in [1.165, 1.54) is 19.0 Å². The number of nitrogens with two attached hydrogens (primary N) is 2. The van der Waals surface area contributed by atoms with Crippen molar-refractivity contribution in [3.8, 4) is 0 Å². The molecule has 0 fully saturated rings. The van der Waals surface area contributed by atoms with Crippen molar-refractivity contribution in [1.29, 1.82) is 0 Å². The number of aromatic amines is 3. The second kappa shape index (κ2) is 7.66. The highest BCUT2D eigenvalue weighted by Crippen LogP contribution is 2.25. The van der Waals surface area contributed by atoms with E-state index in [0.717, 1.165) is 0 Å². The van der Waals surface area contributed by atoms with Crippen LogP contribution in [0.15, 0.2) is 23.8 Å². The third kappa shape index (κ3) is 5.32. The first-order valence-corrected chi connectivity index (χ1v) is 8.08. The van der Waals surface area contributed by atoms with Crippen LogP contribution in [0.4, 0.5) is 11.8 Å². The van der Waals surface area contributed by atoms with Gasteiger partial charge >= 0.3 is 7.82 Å². The van der Waals surface area contributed by atoms with Gasteiger partial charge in [0.15, 0.2) is 22.6 Å². The van der Waals surface area contributed by atoms with Crippen molar-refractivity contribution in [1.82, 2.24) is 39.9 Å². The van der Waals surface area contributed by atoms with E-state index in [4.69, 9.17) is 30.7 Å². The zero-order valence-corrected chi connectivity index (χ0v) is 13.6. The van der Waals surface area contributed by atoms with Gasteiger partial charge < -0.3 is 36.1 Å². The van der Waals surface area contributed by atoms with Crippen LogP contribution in [-0.4, -0.2) is 54.6 Å². The lowest BCUT2D eigenvalue weighted by Gasteiger charge is -1.89. The standard InChI is InChI=1S/C5H5N5O.C5H5N5.H3O4P/c6-5-9-3-2(4(11)10-5)7-1-8-3;6-4-3-5(9-1-7-3)10-2-8-4;1-5(2,3)4/h1H,(H4,6,7,8,9,10,11);1-2H,(H3,6,7,8,9,10);(H3,1,2,3,4). The highest BCUT2D eigenvalue weighted by Gasteiger charge is 2.02. The third-order valence-corrected chi connectivity index (χ3v) is 2.57. The SMILES string of the molecule is Nc1nc2nc[nH]c2c(=O)[nH]1.Nc1ncnc2nc[nH]c12.O=P(O)(O)O. The Morgan fingerprint density at radius 2 is 1.50 bits per heavy atom. The van der Waals surface area contributed by atoms with Crippen molar-refractivity contribution in [3.05, 3.63) is 29.3 Å². The summed E-state index contributed by atoms with van der Waals surface area (Å²) in [5.41, 5.74) is 12.4. The molecule has 15 nitrogen and oxygen atoms in total. The number of rotatable bonds is 0. The molecule has 0 atom stereocenters. The van der Waals surface area contributed by atoms with Gasteiger partial charge in [0.2, 0.25) is 5.95 Å². The Morgan fingerprint density at radius 3 is 2.12 bits per heavy atom. The number of hydrogen-bond acceptors (Lipinski definition) is 9. The van der Waals surface area contributed by atoms with E-state index >= 15 is 0 Å². The first-order chi connectivity index (χ1) is 12.1. The quantitative estimate of drug-likeness (QED) is 0.157. The predicted molar refractivity (Wildman–Crippen MR) is 89.3 cm³/mol. The fraction of sp³-hybridized carbons (Fsp3) is 0. The van der Waals surface area contributed by atoms with Crippen molar-refractivity contribution >= 4 is 41.9 Å². The molecule has 0 saturated heterocycles. The number of hydrogen-bond donors (Lipinski definition) is 8. The maximum absolute atomic E-state index is 11.0. The van der Waals surface area contributed by atoms with Crippen LogP contribution >= 0.6 is 7.82 Å². The zero-order chi connectivity index (χ0) is 19.3. The molecule has 0 saturated carbocycles. The molecule has 0 bridgehead atoms. The molecule has 0 aliphatic heterocycles. The highest BCUT2D eigenvalue weighted by atomic mass is 31.2. The molecule has 10 N–H and O–H groups in total. The summed E-state index contributed by atoms with van der Waals surface area (Å²) in [7, 11) is -4.64. The van der Waals surface area contributed by atoms with Crippen molar-refractivity contribution in [2.24, 2.45) is 0 Å². The van der Waals surface area contributed by atoms with Gasteiger partial charge in [-0.05, 0) is 0 Å². The first-order valence-electron chi connectivity index (χ1n) is 6.52. The van der Waals surface area contributed by atoms with Crippen LogP contribution in [0.1, 0.15) is 0 Å². The van der Waals surface area contributed by atoms with Gasteiger partial charge in [0, 0.05) is 0 Å². The van der Waals surface area contributed by atoms with Crippen LogP contribution in [0.5, 0.6) is 0 Å². The summed E-state index contributed by atoms with van der Waals surface area (Å²) in [5.74, 6) is 0.511. The normalized spacial score (nSPS) is 10.7. The summed E-state index contributed by atoms with van der Waals surface area (Å²) in [5, 5.41) is 0. The lowest BCUT2D eigenvalue weighted by atomic mass is 10.5. The smallest absolute Gasteiger partial charge is 0.382 e. The van der Waals surface area contributed by atoms with Gasteiger partial charge in [-0.3, -0.25) is 9.78 Å². The number of nitrogen functional groups attached to an aromatic ring is 2. The molecule has 4 rings (SSSR count).